The average Bonchev–Trinajstić information content (AvgIpc) is 2.25. The Hall–Kier alpha value is -1.62. The van der Waals surface area contributed by atoms with Crippen LogP contribution in [-0.4, -0.2) is 31.2 Å². The van der Waals surface area contributed by atoms with Gasteiger partial charge in [-0.3, -0.25) is 9.78 Å². The van der Waals surface area contributed by atoms with E-state index in [2.05, 4.69) is 4.98 Å². The van der Waals surface area contributed by atoms with Crippen LogP contribution in [0.2, 0.25) is 0 Å². The molecule has 5 nitrogen and oxygen atoms in total. The number of hydrogen-bond acceptors (Lipinski definition) is 4. The fourth-order valence-electron chi connectivity index (χ4n) is 1.13. The Labute approximate surface area is 88.9 Å². The SMILES string of the molecule is CCOCC(=O)N(C)c1ccncc1N. The van der Waals surface area contributed by atoms with Crippen molar-refractivity contribution in [2.45, 2.75) is 6.92 Å². The lowest BCUT2D eigenvalue weighted by molar-refractivity contribution is -0.122. The summed E-state index contributed by atoms with van der Waals surface area (Å²) in [7, 11) is 1.66. The van der Waals surface area contributed by atoms with Crippen molar-refractivity contribution in [3.8, 4) is 0 Å². The van der Waals surface area contributed by atoms with Crippen LogP contribution in [0.1, 0.15) is 6.92 Å². The van der Waals surface area contributed by atoms with Crippen LogP contribution in [0, 0.1) is 0 Å². The third kappa shape index (κ3) is 2.92. The van der Waals surface area contributed by atoms with Gasteiger partial charge in [-0.05, 0) is 13.0 Å². The number of ether oxygens (including phenoxy) is 1. The molecule has 1 aromatic heterocycles. The van der Waals surface area contributed by atoms with E-state index < -0.39 is 0 Å². The van der Waals surface area contributed by atoms with Gasteiger partial charge in [0.2, 0.25) is 0 Å². The summed E-state index contributed by atoms with van der Waals surface area (Å²) < 4.78 is 5.03. The predicted molar refractivity (Wildman–Crippen MR) is 58.6 cm³/mol. The van der Waals surface area contributed by atoms with Crippen molar-refractivity contribution < 1.29 is 9.53 Å². The first-order valence-electron chi connectivity index (χ1n) is 4.70. The zero-order valence-corrected chi connectivity index (χ0v) is 8.93. The first-order chi connectivity index (χ1) is 7.16. The maximum Gasteiger partial charge on any atom is 0.252 e. The van der Waals surface area contributed by atoms with Gasteiger partial charge in [0.05, 0.1) is 17.6 Å². The van der Waals surface area contributed by atoms with Crippen LogP contribution in [0.25, 0.3) is 0 Å². The van der Waals surface area contributed by atoms with E-state index in [0.717, 1.165) is 0 Å². The molecule has 0 aliphatic heterocycles. The minimum Gasteiger partial charge on any atom is -0.396 e. The number of anilines is 2. The van der Waals surface area contributed by atoms with Crippen molar-refractivity contribution >= 4 is 17.3 Å². The van der Waals surface area contributed by atoms with Gasteiger partial charge in [0.15, 0.2) is 0 Å². The molecule has 1 amide bonds. The molecule has 0 unspecified atom stereocenters. The van der Waals surface area contributed by atoms with Crippen LogP contribution in [0.4, 0.5) is 11.4 Å². The monoisotopic (exact) mass is 209 g/mol. The quantitative estimate of drug-likeness (QED) is 0.791. The van der Waals surface area contributed by atoms with Gasteiger partial charge in [-0.2, -0.15) is 0 Å². The highest BCUT2D eigenvalue weighted by Gasteiger charge is 2.12. The smallest absolute Gasteiger partial charge is 0.252 e. The Morgan fingerprint density at radius 1 is 1.67 bits per heavy atom. The lowest BCUT2D eigenvalue weighted by Crippen LogP contribution is -2.30. The van der Waals surface area contributed by atoms with E-state index in [-0.39, 0.29) is 12.5 Å². The van der Waals surface area contributed by atoms with Crippen LogP contribution in [-0.2, 0) is 9.53 Å². The van der Waals surface area contributed by atoms with Crippen molar-refractivity contribution in [1.82, 2.24) is 4.98 Å². The van der Waals surface area contributed by atoms with Crippen LogP contribution < -0.4 is 10.6 Å². The van der Waals surface area contributed by atoms with E-state index in [1.807, 2.05) is 6.92 Å². The van der Waals surface area contributed by atoms with Gasteiger partial charge in [-0.1, -0.05) is 0 Å². The van der Waals surface area contributed by atoms with Crippen molar-refractivity contribution in [2.24, 2.45) is 0 Å². The Morgan fingerprint density at radius 2 is 2.40 bits per heavy atom. The largest absolute Gasteiger partial charge is 0.396 e. The summed E-state index contributed by atoms with van der Waals surface area (Å²) in [6, 6.07) is 1.69. The second kappa shape index (κ2) is 5.31. The van der Waals surface area contributed by atoms with E-state index in [4.69, 9.17) is 10.5 Å². The van der Waals surface area contributed by atoms with Crippen LogP contribution in [0.3, 0.4) is 0 Å². The number of rotatable bonds is 4. The molecule has 1 rings (SSSR count). The summed E-state index contributed by atoms with van der Waals surface area (Å²) in [6.45, 7) is 2.42. The fourth-order valence-corrected chi connectivity index (χ4v) is 1.13. The molecule has 1 heterocycles. The van der Waals surface area contributed by atoms with Crippen molar-refractivity contribution in [3.63, 3.8) is 0 Å². The van der Waals surface area contributed by atoms with Crippen molar-refractivity contribution in [2.75, 3.05) is 30.9 Å². The van der Waals surface area contributed by atoms with Crippen molar-refractivity contribution in [1.29, 1.82) is 0 Å². The highest BCUT2D eigenvalue weighted by molar-refractivity contribution is 5.96. The van der Waals surface area contributed by atoms with E-state index in [0.29, 0.717) is 18.0 Å². The van der Waals surface area contributed by atoms with Gasteiger partial charge in [0.1, 0.15) is 6.61 Å². The fraction of sp³-hybridized carbons (Fsp3) is 0.400. The Balaban J connectivity index is 2.72. The normalized spacial score (nSPS) is 10.0. The Morgan fingerprint density at radius 3 is 3.00 bits per heavy atom. The standard InChI is InChI=1S/C10H15N3O2/c1-3-15-7-10(14)13(2)9-4-5-12-6-8(9)11/h4-6H,3,7,11H2,1-2H3. The highest BCUT2D eigenvalue weighted by atomic mass is 16.5. The maximum atomic E-state index is 11.6. The van der Waals surface area contributed by atoms with Gasteiger partial charge in [0.25, 0.3) is 5.91 Å². The summed E-state index contributed by atoms with van der Waals surface area (Å²) in [5.41, 5.74) is 6.82. The zero-order valence-electron chi connectivity index (χ0n) is 8.93. The highest BCUT2D eigenvalue weighted by Crippen LogP contribution is 2.19. The average molecular weight is 209 g/mol. The summed E-state index contributed by atoms with van der Waals surface area (Å²) in [5, 5.41) is 0. The lowest BCUT2D eigenvalue weighted by atomic mass is 10.3. The summed E-state index contributed by atoms with van der Waals surface area (Å²) in [4.78, 5) is 16.9. The number of amides is 1. The number of carbonyl (C=O) groups excluding carboxylic acids is 1. The van der Waals surface area contributed by atoms with Crippen LogP contribution in [0.5, 0.6) is 0 Å². The molecule has 0 radical (unpaired) electrons. The minimum atomic E-state index is -0.130. The molecule has 2 N–H and O–H groups in total. The predicted octanol–water partition coefficient (Wildman–Crippen LogP) is 0.663. The number of nitrogens with zero attached hydrogens (tertiary/aromatic N) is 2. The topological polar surface area (TPSA) is 68.5 Å². The van der Waals surface area contributed by atoms with Gasteiger partial charge in [-0.15, -0.1) is 0 Å². The maximum absolute atomic E-state index is 11.6. The van der Waals surface area contributed by atoms with Crippen LogP contribution >= 0.6 is 0 Å². The number of likely N-dealkylation sites (N-methyl/N-ethyl adjacent to an activating group) is 1. The van der Waals surface area contributed by atoms with E-state index in [9.17, 15) is 4.79 Å². The summed E-state index contributed by atoms with van der Waals surface area (Å²) in [6.07, 6.45) is 3.11. The molecule has 0 atom stereocenters. The molecular formula is C10H15N3O2. The zero-order chi connectivity index (χ0) is 11.3. The molecule has 82 valence electrons. The summed E-state index contributed by atoms with van der Waals surface area (Å²) >= 11 is 0. The molecule has 1 aromatic rings. The Bertz CT molecular complexity index is 341. The van der Waals surface area contributed by atoms with E-state index in [1.165, 1.54) is 11.1 Å². The number of pyridine rings is 1. The van der Waals surface area contributed by atoms with Gasteiger partial charge < -0.3 is 15.4 Å². The third-order valence-corrected chi connectivity index (χ3v) is 1.99. The first-order valence-corrected chi connectivity index (χ1v) is 4.70. The lowest BCUT2D eigenvalue weighted by Gasteiger charge is -2.18. The number of nitrogen functional groups attached to an aromatic ring is 1. The molecule has 0 aliphatic carbocycles. The van der Waals surface area contributed by atoms with Crippen LogP contribution in [0.15, 0.2) is 18.5 Å². The molecule has 0 aliphatic rings. The van der Waals surface area contributed by atoms with Gasteiger partial charge in [0, 0.05) is 19.9 Å². The second-order valence-corrected chi connectivity index (χ2v) is 3.02. The van der Waals surface area contributed by atoms with E-state index >= 15 is 0 Å². The number of hydrogen-bond donors (Lipinski definition) is 1. The molecule has 5 heteroatoms. The number of aromatic nitrogens is 1. The van der Waals surface area contributed by atoms with Gasteiger partial charge in [-0.25, -0.2) is 0 Å². The molecule has 0 spiro atoms. The third-order valence-electron chi connectivity index (χ3n) is 1.99. The molecule has 0 saturated heterocycles. The molecule has 0 bridgehead atoms. The molecule has 0 fully saturated rings. The summed E-state index contributed by atoms with van der Waals surface area (Å²) in [5.74, 6) is -0.130. The first kappa shape index (κ1) is 11.5. The van der Waals surface area contributed by atoms with E-state index in [1.54, 1.807) is 19.3 Å². The van der Waals surface area contributed by atoms with Crippen molar-refractivity contribution in [3.05, 3.63) is 18.5 Å². The Kier molecular flexibility index (Phi) is 4.05. The molecule has 15 heavy (non-hydrogen) atoms. The molecule has 0 saturated carbocycles. The minimum absolute atomic E-state index is 0.0642. The molecule has 0 aromatic carbocycles. The number of carbonyl (C=O) groups is 1. The second-order valence-electron chi connectivity index (χ2n) is 3.02. The van der Waals surface area contributed by atoms with Gasteiger partial charge >= 0.3 is 0 Å². The molecular weight excluding hydrogens is 194 g/mol. The number of nitrogens with two attached hydrogens (primary N) is 1.